The predicted molar refractivity (Wildman–Crippen MR) is 40.9 cm³/mol. The maximum atomic E-state index is 5.05. The van der Waals surface area contributed by atoms with Crippen LogP contribution < -0.4 is 0 Å². The molecule has 0 N–H and O–H groups in total. The molecule has 3 heteroatoms. The van der Waals surface area contributed by atoms with Gasteiger partial charge in [-0.3, -0.25) is 0 Å². The Labute approximate surface area is 67.6 Å². The molecule has 1 rings (SSSR count). The highest BCUT2D eigenvalue weighted by Gasteiger charge is 2.22. The molecule has 1 radical (unpaired) electrons. The average Bonchev–Trinajstić information content (AvgIpc) is 2.80. The van der Waals surface area contributed by atoms with E-state index in [4.69, 9.17) is 14.2 Å². The minimum atomic E-state index is 0.320. The second-order valence-corrected chi connectivity index (χ2v) is 2.61. The summed E-state index contributed by atoms with van der Waals surface area (Å²) in [5, 5.41) is 0. The van der Waals surface area contributed by atoms with Crippen molar-refractivity contribution in [1.82, 2.24) is 0 Å². The summed E-state index contributed by atoms with van der Waals surface area (Å²) in [5.41, 5.74) is 0. The molecule has 1 aliphatic heterocycles. The molecule has 1 aliphatic rings. The van der Waals surface area contributed by atoms with Crippen molar-refractivity contribution >= 4 is 0 Å². The van der Waals surface area contributed by atoms with Crippen molar-refractivity contribution in [2.45, 2.75) is 25.9 Å². The molecule has 1 atom stereocenters. The number of ether oxygens (including phenoxy) is 3. The summed E-state index contributed by atoms with van der Waals surface area (Å²) in [5.74, 6) is 0. The molecule has 1 unspecified atom stereocenters. The third kappa shape index (κ3) is 5.18. The molecule has 11 heavy (non-hydrogen) atoms. The Morgan fingerprint density at radius 3 is 3.00 bits per heavy atom. The van der Waals surface area contributed by atoms with Gasteiger partial charge in [-0.25, -0.2) is 0 Å². The van der Waals surface area contributed by atoms with E-state index in [1.54, 1.807) is 0 Å². The lowest BCUT2D eigenvalue weighted by Crippen LogP contribution is -2.01. The normalized spacial score (nSPS) is 22.1. The van der Waals surface area contributed by atoms with Gasteiger partial charge in [0.25, 0.3) is 0 Å². The Kier molecular flexibility index (Phi) is 4.50. The molecule has 0 bridgehead atoms. The van der Waals surface area contributed by atoms with E-state index in [0.717, 1.165) is 26.1 Å². The summed E-state index contributed by atoms with van der Waals surface area (Å²) in [6.45, 7) is 5.76. The van der Waals surface area contributed by atoms with Crippen LogP contribution in [0.2, 0.25) is 0 Å². The van der Waals surface area contributed by atoms with Crippen LogP contribution in [0.1, 0.15) is 19.8 Å². The number of epoxide rings is 1. The van der Waals surface area contributed by atoms with Crippen LogP contribution in [-0.2, 0) is 14.2 Å². The Bertz CT molecular complexity index is 91.3. The van der Waals surface area contributed by atoms with Crippen LogP contribution in [0.4, 0.5) is 0 Å². The van der Waals surface area contributed by atoms with E-state index in [1.807, 2.05) is 0 Å². The molecular formula is C8H15O3. The maximum Gasteiger partial charge on any atom is 0.209 e. The molecule has 1 fully saturated rings. The van der Waals surface area contributed by atoms with Crippen molar-refractivity contribution in [2.24, 2.45) is 0 Å². The molecule has 0 aromatic heterocycles. The minimum absolute atomic E-state index is 0.320. The van der Waals surface area contributed by atoms with Gasteiger partial charge in [-0.05, 0) is 6.42 Å². The Balaban J connectivity index is 1.66. The Hall–Kier alpha value is -0.120. The third-order valence-corrected chi connectivity index (χ3v) is 1.44. The fourth-order valence-corrected chi connectivity index (χ4v) is 0.635. The second-order valence-electron chi connectivity index (χ2n) is 2.61. The second kappa shape index (κ2) is 5.52. The molecule has 0 spiro atoms. The number of hydrogen-bond acceptors (Lipinski definition) is 3. The van der Waals surface area contributed by atoms with Crippen molar-refractivity contribution in [1.29, 1.82) is 0 Å². The smallest absolute Gasteiger partial charge is 0.209 e. The van der Waals surface area contributed by atoms with Gasteiger partial charge in [0.05, 0.1) is 13.2 Å². The topological polar surface area (TPSA) is 31.0 Å². The van der Waals surface area contributed by atoms with Crippen LogP contribution in [-0.4, -0.2) is 25.9 Å². The van der Waals surface area contributed by atoms with Crippen molar-refractivity contribution in [3.63, 3.8) is 0 Å². The van der Waals surface area contributed by atoms with E-state index in [0.29, 0.717) is 12.7 Å². The SMILES string of the molecule is CCCCO[CH]OCC1CO1. The first-order valence-corrected chi connectivity index (χ1v) is 4.10. The van der Waals surface area contributed by atoms with Crippen molar-refractivity contribution in [3.05, 3.63) is 6.79 Å². The lowest BCUT2D eigenvalue weighted by molar-refractivity contribution is 0.0140. The van der Waals surface area contributed by atoms with E-state index in [1.165, 1.54) is 6.79 Å². The molecule has 0 aromatic rings. The molecule has 0 saturated carbocycles. The van der Waals surface area contributed by atoms with Crippen molar-refractivity contribution in [3.8, 4) is 0 Å². The van der Waals surface area contributed by atoms with Gasteiger partial charge in [0, 0.05) is 6.61 Å². The minimum Gasteiger partial charge on any atom is -0.371 e. The highest BCUT2D eigenvalue weighted by molar-refractivity contribution is 4.67. The van der Waals surface area contributed by atoms with Crippen molar-refractivity contribution < 1.29 is 14.2 Å². The fraction of sp³-hybridized carbons (Fsp3) is 0.875. The predicted octanol–water partition coefficient (Wildman–Crippen LogP) is 1.34. The largest absolute Gasteiger partial charge is 0.371 e. The number of unbranched alkanes of at least 4 members (excludes halogenated alkanes) is 1. The quantitative estimate of drug-likeness (QED) is 0.415. The lowest BCUT2D eigenvalue weighted by atomic mass is 10.4. The van der Waals surface area contributed by atoms with Crippen molar-refractivity contribution in [2.75, 3.05) is 19.8 Å². The molecule has 3 nitrogen and oxygen atoms in total. The zero-order valence-electron chi connectivity index (χ0n) is 6.91. The fourth-order valence-electron chi connectivity index (χ4n) is 0.635. The first-order valence-electron chi connectivity index (χ1n) is 4.10. The van der Waals surface area contributed by atoms with Gasteiger partial charge in [-0.1, -0.05) is 13.3 Å². The van der Waals surface area contributed by atoms with Crippen LogP contribution >= 0.6 is 0 Å². The van der Waals surface area contributed by atoms with E-state index in [-0.39, 0.29) is 0 Å². The van der Waals surface area contributed by atoms with Gasteiger partial charge >= 0.3 is 0 Å². The molecular weight excluding hydrogens is 144 g/mol. The standard InChI is InChI=1S/C8H15O3/c1-2-3-4-9-7-10-5-8-6-11-8/h7-8H,2-6H2,1H3. The van der Waals surface area contributed by atoms with Crippen LogP contribution in [0.15, 0.2) is 0 Å². The van der Waals surface area contributed by atoms with Gasteiger partial charge < -0.3 is 14.2 Å². The number of rotatable bonds is 7. The van der Waals surface area contributed by atoms with Crippen LogP contribution in [0.5, 0.6) is 0 Å². The van der Waals surface area contributed by atoms with Gasteiger partial charge in [0.2, 0.25) is 6.79 Å². The molecule has 1 heterocycles. The number of hydrogen-bond donors (Lipinski definition) is 0. The maximum absolute atomic E-state index is 5.05. The first kappa shape index (κ1) is 8.97. The zero-order chi connectivity index (χ0) is 7.94. The highest BCUT2D eigenvalue weighted by Crippen LogP contribution is 2.08. The van der Waals surface area contributed by atoms with Gasteiger partial charge in [-0.2, -0.15) is 0 Å². The molecule has 0 aromatic carbocycles. The van der Waals surface area contributed by atoms with Crippen LogP contribution in [0, 0.1) is 6.79 Å². The third-order valence-electron chi connectivity index (χ3n) is 1.44. The summed E-state index contributed by atoms with van der Waals surface area (Å²) < 4.78 is 15.0. The van der Waals surface area contributed by atoms with Gasteiger partial charge in [0.15, 0.2) is 0 Å². The first-order chi connectivity index (χ1) is 5.43. The summed E-state index contributed by atoms with van der Waals surface area (Å²) in [7, 11) is 0. The zero-order valence-corrected chi connectivity index (χ0v) is 6.91. The van der Waals surface area contributed by atoms with Gasteiger partial charge in [0.1, 0.15) is 6.10 Å². The van der Waals surface area contributed by atoms with Gasteiger partial charge in [-0.15, -0.1) is 0 Å². The molecule has 0 aliphatic carbocycles. The monoisotopic (exact) mass is 159 g/mol. The Morgan fingerprint density at radius 2 is 2.36 bits per heavy atom. The summed E-state index contributed by atoms with van der Waals surface area (Å²) in [6, 6.07) is 0. The molecule has 1 saturated heterocycles. The van der Waals surface area contributed by atoms with E-state index < -0.39 is 0 Å². The van der Waals surface area contributed by atoms with Crippen LogP contribution in [0.25, 0.3) is 0 Å². The summed E-state index contributed by atoms with van der Waals surface area (Å²) in [4.78, 5) is 0. The molecule has 0 amide bonds. The highest BCUT2D eigenvalue weighted by atomic mass is 16.7. The van der Waals surface area contributed by atoms with E-state index in [9.17, 15) is 0 Å². The van der Waals surface area contributed by atoms with Crippen LogP contribution in [0.3, 0.4) is 0 Å². The Morgan fingerprint density at radius 1 is 1.55 bits per heavy atom. The lowest BCUT2D eigenvalue weighted by Gasteiger charge is -2.01. The summed E-state index contributed by atoms with van der Waals surface area (Å²) >= 11 is 0. The summed E-state index contributed by atoms with van der Waals surface area (Å²) in [6.07, 6.45) is 2.56. The molecule has 65 valence electrons. The van der Waals surface area contributed by atoms with E-state index >= 15 is 0 Å². The average molecular weight is 159 g/mol. The van der Waals surface area contributed by atoms with E-state index in [2.05, 4.69) is 6.92 Å².